The molecule has 0 aliphatic heterocycles. The lowest BCUT2D eigenvalue weighted by atomic mass is 10.2. The van der Waals surface area contributed by atoms with Crippen LogP contribution >= 0.6 is 0 Å². The van der Waals surface area contributed by atoms with E-state index in [1.165, 1.54) is 10.7 Å². The molecule has 1 amide bonds. The molecule has 26 heavy (non-hydrogen) atoms. The summed E-state index contributed by atoms with van der Waals surface area (Å²) in [4.78, 5) is 21.0. The van der Waals surface area contributed by atoms with Crippen LogP contribution < -0.4 is 10.9 Å². The zero-order chi connectivity index (χ0) is 18.4. The number of nitrogens with one attached hydrogen (secondary N) is 2. The van der Waals surface area contributed by atoms with Crippen LogP contribution in [0, 0.1) is 5.82 Å². The van der Waals surface area contributed by atoms with Gasteiger partial charge in [-0.15, -0.1) is 5.10 Å². The van der Waals surface area contributed by atoms with Gasteiger partial charge in [0, 0.05) is 18.3 Å². The predicted octanol–water partition coefficient (Wildman–Crippen LogP) is 2.17. The van der Waals surface area contributed by atoms with E-state index in [0.717, 1.165) is 6.42 Å². The molecule has 2 aromatic heterocycles. The van der Waals surface area contributed by atoms with Crippen LogP contribution in [0.3, 0.4) is 0 Å². The summed E-state index contributed by atoms with van der Waals surface area (Å²) in [6.07, 6.45) is 2.48. The van der Waals surface area contributed by atoms with E-state index in [4.69, 9.17) is 0 Å². The average molecular weight is 354 g/mol. The third kappa shape index (κ3) is 4.09. The largest absolute Gasteiger partial charge is 0.302 e. The lowest BCUT2D eigenvalue weighted by molar-refractivity contribution is 0.0917. The zero-order valence-corrected chi connectivity index (χ0v) is 14.3. The Morgan fingerprint density at radius 1 is 1.19 bits per heavy atom. The number of aromatic nitrogens is 4. The van der Waals surface area contributed by atoms with Crippen molar-refractivity contribution in [2.75, 3.05) is 6.54 Å². The van der Waals surface area contributed by atoms with Gasteiger partial charge in [-0.2, -0.15) is 0 Å². The van der Waals surface area contributed by atoms with Crippen molar-refractivity contribution in [1.82, 2.24) is 30.6 Å². The maximum Gasteiger partial charge on any atom is 0.302 e. The van der Waals surface area contributed by atoms with Crippen molar-refractivity contribution in [3.63, 3.8) is 0 Å². The number of carbonyl (C=O) groups is 1. The number of halogens is 1. The summed E-state index contributed by atoms with van der Waals surface area (Å²) in [5, 5.41) is 4.35. The molecule has 0 fully saturated rings. The molecule has 0 atom stereocenters. The second-order valence-corrected chi connectivity index (χ2v) is 5.60. The van der Waals surface area contributed by atoms with Crippen molar-refractivity contribution >= 4 is 5.91 Å². The molecule has 0 aliphatic rings. The molecular formula is C18H19FN6O. The molecule has 2 N–H and O–H groups in total. The quantitative estimate of drug-likeness (QED) is 0.502. The van der Waals surface area contributed by atoms with Crippen molar-refractivity contribution in [3.05, 3.63) is 65.9 Å². The molecule has 0 saturated heterocycles. The molecule has 0 spiro atoms. The van der Waals surface area contributed by atoms with Gasteiger partial charge in [0.1, 0.15) is 11.5 Å². The first-order valence-electron chi connectivity index (χ1n) is 8.32. The highest BCUT2D eigenvalue weighted by Gasteiger charge is 2.19. The van der Waals surface area contributed by atoms with Crippen LogP contribution in [-0.2, 0) is 6.54 Å². The van der Waals surface area contributed by atoms with E-state index in [1.807, 2.05) is 13.0 Å². The number of nitrogens with zero attached hydrogens (tertiary/aromatic N) is 4. The zero-order valence-electron chi connectivity index (χ0n) is 14.3. The summed E-state index contributed by atoms with van der Waals surface area (Å²) in [7, 11) is 0. The molecule has 3 aromatic rings. The molecule has 0 bridgehead atoms. The molecule has 3 rings (SSSR count). The molecule has 7 nitrogen and oxygen atoms in total. The van der Waals surface area contributed by atoms with Crippen LogP contribution in [0.2, 0.25) is 0 Å². The molecule has 2 heterocycles. The number of hydrogen-bond donors (Lipinski definition) is 2. The van der Waals surface area contributed by atoms with Gasteiger partial charge in [0.15, 0.2) is 5.82 Å². The number of hydrazine groups is 1. The van der Waals surface area contributed by atoms with Gasteiger partial charge in [0.05, 0.1) is 6.54 Å². The van der Waals surface area contributed by atoms with Gasteiger partial charge >= 0.3 is 5.91 Å². The Hall–Kier alpha value is -3.13. The summed E-state index contributed by atoms with van der Waals surface area (Å²) in [6, 6.07) is 11.7. The van der Waals surface area contributed by atoms with Crippen molar-refractivity contribution in [2.24, 2.45) is 0 Å². The van der Waals surface area contributed by atoms with Crippen LogP contribution in [0.5, 0.6) is 0 Å². The summed E-state index contributed by atoms with van der Waals surface area (Å²) < 4.78 is 15.4. The Labute approximate surface area is 150 Å². The maximum absolute atomic E-state index is 14.0. The number of amides is 1. The minimum Gasteiger partial charge on any atom is -0.285 e. The Kier molecular flexibility index (Phi) is 5.65. The van der Waals surface area contributed by atoms with E-state index < -0.39 is 5.91 Å². The lowest BCUT2D eigenvalue weighted by Gasteiger charge is -2.08. The Morgan fingerprint density at radius 3 is 2.73 bits per heavy atom. The second-order valence-electron chi connectivity index (χ2n) is 5.60. The number of carbonyl (C=O) groups excluding carboxylic acids is 1. The monoisotopic (exact) mass is 354 g/mol. The topological polar surface area (TPSA) is 84.7 Å². The van der Waals surface area contributed by atoms with Gasteiger partial charge in [-0.25, -0.2) is 19.5 Å². The van der Waals surface area contributed by atoms with Crippen LogP contribution in [0.1, 0.15) is 29.5 Å². The van der Waals surface area contributed by atoms with Gasteiger partial charge in [-0.05, 0) is 24.6 Å². The lowest BCUT2D eigenvalue weighted by Crippen LogP contribution is -2.39. The number of benzene rings is 1. The minimum absolute atomic E-state index is 0.0810. The van der Waals surface area contributed by atoms with E-state index in [1.54, 1.807) is 36.5 Å². The van der Waals surface area contributed by atoms with Crippen LogP contribution in [-0.4, -0.2) is 32.2 Å². The van der Waals surface area contributed by atoms with Gasteiger partial charge in [-0.1, -0.05) is 31.2 Å². The third-order valence-corrected chi connectivity index (χ3v) is 3.62. The van der Waals surface area contributed by atoms with E-state index in [0.29, 0.717) is 23.6 Å². The van der Waals surface area contributed by atoms with Crippen molar-refractivity contribution in [3.8, 4) is 11.5 Å². The Balaban J connectivity index is 1.93. The van der Waals surface area contributed by atoms with Crippen molar-refractivity contribution in [1.29, 1.82) is 0 Å². The number of rotatable bonds is 7. The molecular weight excluding hydrogens is 335 g/mol. The molecule has 0 saturated carbocycles. The second kappa shape index (κ2) is 8.30. The fourth-order valence-electron chi connectivity index (χ4n) is 2.34. The van der Waals surface area contributed by atoms with E-state index in [9.17, 15) is 9.18 Å². The van der Waals surface area contributed by atoms with E-state index in [-0.39, 0.29) is 18.2 Å². The highest BCUT2D eigenvalue weighted by molar-refractivity contribution is 5.90. The van der Waals surface area contributed by atoms with Crippen molar-refractivity contribution < 1.29 is 9.18 Å². The van der Waals surface area contributed by atoms with Gasteiger partial charge in [0.2, 0.25) is 5.82 Å². The summed E-state index contributed by atoms with van der Waals surface area (Å²) in [5.74, 6) is -0.414. The van der Waals surface area contributed by atoms with Crippen LogP contribution in [0.15, 0.2) is 48.7 Å². The molecule has 0 unspecified atom stereocenters. The minimum atomic E-state index is -0.440. The third-order valence-electron chi connectivity index (χ3n) is 3.62. The van der Waals surface area contributed by atoms with Gasteiger partial charge in [0.25, 0.3) is 0 Å². The first kappa shape index (κ1) is 17.7. The first-order chi connectivity index (χ1) is 12.7. The average Bonchev–Trinajstić information content (AvgIpc) is 3.08. The Morgan fingerprint density at radius 2 is 2.00 bits per heavy atom. The number of hydrogen-bond acceptors (Lipinski definition) is 5. The molecule has 8 heteroatoms. The SMILES string of the molecule is CCCNNC(=O)c1nc(-c2ccccn2)nn1Cc1ccccc1F. The highest BCUT2D eigenvalue weighted by atomic mass is 19.1. The molecule has 0 aliphatic carbocycles. The predicted molar refractivity (Wildman–Crippen MR) is 94.5 cm³/mol. The Bertz CT molecular complexity index is 880. The smallest absolute Gasteiger partial charge is 0.285 e. The molecule has 0 radical (unpaired) electrons. The summed E-state index contributed by atoms with van der Waals surface area (Å²) in [5.41, 5.74) is 6.35. The van der Waals surface area contributed by atoms with Gasteiger partial charge in [-0.3, -0.25) is 15.2 Å². The van der Waals surface area contributed by atoms with Crippen molar-refractivity contribution in [2.45, 2.75) is 19.9 Å². The molecule has 1 aromatic carbocycles. The molecule has 134 valence electrons. The van der Waals surface area contributed by atoms with Crippen LogP contribution in [0.4, 0.5) is 4.39 Å². The van der Waals surface area contributed by atoms with E-state index >= 15 is 0 Å². The van der Waals surface area contributed by atoms with E-state index in [2.05, 4.69) is 25.9 Å². The van der Waals surface area contributed by atoms with Gasteiger partial charge < -0.3 is 0 Å². The first-order valence-corrected chi connectivity index (χ1v) is 8.32. The normalized spacial score (nSPS) is 10.7. The summed E-state index contributed by atoms with van der Waals surface area (Å²) >= 11 is 0. The summed E-state index contributed by atoms with van der Waals surface area (Å²) in [6.45, 7) is 2.70. The van der Waals surface area contributed by atoms with Crippen LogP contribution in [0.25, 0.3) is 11.5 Å². The fraction of sp³-hybridized carbons (Fsp3) is 0.222. The standard InChI is InChI=1S/C18H19FN6O/c1-2-10-21-23-18(26)17-22-16(15-9-5-6-11-20-15)24-25(17)12-13-7-3-4-8-14(13)19/h3-9,11,21H,2,10,12H2,1H3,(H,23,26). The number of pyridine rings is 1. The maximum atomic E-state index is 14.0. The highest BCUT2D eigenvalue weighted by Crippen LogP contribution is 2.15. The fourth-order valence-corrected chi connectivity index (χ4v) is 2.34.